The van der Waals surface area contributed by atoms with Crippen LogP contribution in [0.15, 0.2) is 12.3 Å². The van der Waals surface area contributed by atoms with E-state index >= 15 is 0 Å². The van der Waals surface area contributed by atoms with Gasteiger partial charge in [0.15, 0.2) is 0 Å². The fraction of sp³-hybridized carbons (Fsp3) is 0.375. The lowest BCUT2D eigenvalue weighted by atomic mass is 9.81. The molecule has 1 aromatic heterocycles. The molecule has 0 aliphatic heterocycles. The molecule has 0 amide bonds. The lowest BCUT2D eigenvalue weighted by molar-refractivity contribution is 0.339. The Morgan fingerprint density at radius 2 is 2.23 bits per heavy atom. The van der Waals surface area contributed by atoms with Gasteiger partial charge in [0.25, 0.3) is 0 Å². The number of hydrogen-bond donors (Lipinski definition) is 2. The molecule has 0 aliphatic carbocycles. The highest BCUT2D eigenvalue weighted by Gasteiger charge is 2.17. The van der Waals surface area contributed by atoms with Gasteiger partial charge in [0.05, 0.1) is 6.61 Å². The van der Waals surface area contributed by atoms with Crippen molar-refractivity contribution in [2.45, 2.75) is 13.8 Å². The van der Waals surface area contributed by atoms with Gasteiger partial charge in [-0.05, 0) is 13.8 Å². The number of aromatic nitrogens is 1. The maximum Gasteiger partial charge on any atom is 0.493 e. The van der Waals surface area contributed by atoms with Gasteiger partial charge in [-0.1, -0.05) is 0 Å². The lowest BCUT2D eigenvalue weighted by Crippen LogP contribution is -2.32. The van der Waals surface area contributed by atoms with Crippen LogP contribution in [0, 0.1) is 6.92 Å². The third kappa shape index (κ3) is 2.43. The SMILES string of the molecule is CCOc1cc(C)ncc1B(O)O. The van der Waals surface area contributed by atoms with Crippen molar-refractivity contribution in [1.82, 2.24) is 4.98 Å². The Kier molecular flexibility index (Phi) is 3.28. The van der Waals surface area contributed by atoms with E-state index in [-0.39, 0.29) is 0 Å². The summed E-state index contributed by atoms with van der Waals surface area (Å²) in [6.07, 6.45) is 1.41. The third-order valence-electron chi connectivity index (χ3n) is 1.61. The maximum absolute atomic E-state index is 8.96. The second-order valence-electron chi connectivity index (χ2n) is 2.67. The summed E-state index contributed by atoms with van der Waals surface area (Å²) in [7, 11) is -1.53. The topological polar surface area (TPSA) is 62.6 Å². The molecule has 1 heterocycles. The number of pyridine rings is 1. The Morgan fingerprint density at radius 3 is 2.77 bits per heavy atom. The Morgan fingerprint density at radius 1 is 1.54 bits per heavy atom. The first-order chi connectivity index (χ1) is 6.15. The van der Waals surface area contributed by atoms with Crippen molar-refractivity contribution in [3.05, 3.63) is 18.0 Å². The summed E-state index contributed by atoms with van der Waals surface area (Å²) in [5, 5.41) is 17.9. The number of hydrogen-bond acceptors (Lipinski definition) is 4. The van der Waals surface area contributed by atoms with Crippen LogP contribution in [0.1, 0.15) is 12.6 Å². The molecule has 0 fully saturated rings. The molecular formula is C8H12BNO3. The Balaban J connectivity index is 3.03. The standard InChI is InChI=1S/C8H12BNO3/c1-3-13-8-4-6(2)10-5-7(8)9(11)12/h4-5,11-12H,3H2,1-2H3. The second kappa shape index (κ2) is 4.25. The summed E-state index contributed by atoms with van der Waals surface area (Å²) in [6.45, 7) is 4.14. The van der Waals surface area contributed by atoms with E-state index in [9.17, 15) is 0 Å². The molecule has 0 spiro atoms. The van der Waals surface area contributed by atoms with Crippen LogP contribution < -0.4 is 10.2 Å². The number of nitrogens with zero attached hydrogens (tertiary/aromatic N) is 1. The molecule has 0 bridgehead atoms. The molecule has 4 nitrogen and oxygen atoms in total. The average Bonchev–Trinajstić information content (AvgIpc) is 2.04. The van der Waals surface area contributed by atoms with Crippen molar-refractivity contribution in [1.29, 1.82) is 0 Å². The Hall–Kier alpha value is -1.07. The van der Waals surface area contributed by atoms with E-state index in [1.54, 1.807) is 6.07 Å². The summed E-state index contributed by atoms with van der Waals surface area (Å²) in [5.41, 5.74) is 1.08. The van der Waals surface area contributed by atoms with Crippen LogP contribution in [0.4, 0.5) is 0 Å². The highest BCUT2D eigenvalue weighted by atomic mass is 16.5. The van der Waals surface area contributed by atoms with Crippen LogP contribution in [-0.4, -0.2) is 28.8 Å². The zero-order chi connectivity index (χ0) is 9.84. The minimum absolute atomic E-state index is 0.299. The van der Waals surface area contributed by atoms with Crippen molar-refractivity contribution in [2.24, 2.45) is 0 Å². The van der Waals surface area contributed by atoms with E-state index < -0.39 is 7.12 Å². The Labute approximate surface area is 77.3 Å². The molecule has 0 aromatic carbocycles. The van der Waals surface area contributed by atoms with Gasteiger partial charge >= 0.3 is 7.12 Å². The fourth-order valence-electron chi connectivity index (χ4n) is 1.02. The average molecular weight is 181 g/mol. The summed E-state index contributed by atoms with van der Waals surface area (Å²) in [4.78, 5) is 3.94. The molecule has 0 atom stereocenters. The van der Waals surface area contributed by atoms with Crippen molar-refractivity contribution in [2.75, 3.05) is 6.61 Å². The van der Waals surface area contributed by atoms with Crippen LogP contribution in [0.25, 0.3) is 0 Å². The summed E-state index contributed by atoms with van der Waals surface area (Å²) in [5.74, 6) is 0.477. The third-order valence-corrected chi connectivity index (χ3v) is 1.61. The van der Waals surface area contributed by atoms with Gasteiger partial charge in [0.1, 0.15) is 5.75 Å². The van der Waals surface area contributed by atoms with E-state index in [1.165, 1.54) is 6.20 Å². The second-order valence-corrected chi connectivity index (χ2v) is 2.67. The molecule has 2 N–H and O–H groups in total. The van der Waals surface area contributed by atoms with Crippen LogP contribution >= 0.6 is 0 Å². The first kappa shape index (κ1) is 10.0. The normalized spacial score (nSPS) is 9.85. The van der Waals surface area contributed by atoms with Crippen molar-refractivity contribution in [3.63, 3.8) is 0 Å². The minimum Gasteiger partial charge on any atom is -0.494 e. The quantitative estimate of drug-likeness (QED) is 0.615. The van der Waals surface area contributed by atoms with E-state index in [0.29, 0.717) is 17.8 Å². The molecule has 70 valence electrons. The maximum atomic E-state index is 8.96. The predicted octanol–water partition coefficient (Wildman–Crippen LogP) is -0.531. The highest BCUT2D eigenvalue weighted by Crippen LogP contribution is 2.08. The molecule has 0 radical (unpaired) electrons. The van der Waals surface area contributed by atoms with Crippen LogP contribution in [-0.2, 0) is 0 Å². The molecule has 0 aliphatic rings. The van der Waals surface area contributed by atoms with Crippen LogP contribution in [0.5, 0.6) is 5.75 Å². The van der Waals surface area contributed by atoms with E-state index in [2.05, 4.69) is 4.98 Å². The molecular weight excluding hydrogens is 169 g/mol. The zero-order valence-corrected chi connectivity index (χ0v) is 7.69. The summed E-state index contributed by atoms with van der Waals surface area (Å²) >= 11 is 0. The molecule has 1 rings (SSSR count). The first-order valence-electron chi connectivity index (χ1n) is 4.10. The van der Waals surface area contributed by atoms with E-state index in [1.807, 2.05) is 13.8 Å². The zero-order valence-electron chi connectivity index (χ0n) is 7.69. The van der Waals surface area contributed by atoms with Gasteiger partial charge in [0.2, 0.25) is 0 Å². The summed E-state index contributed by atoms with van der Waals surface area (Å²) < 4.78 is 5.22. The monoisotopic (exact) mass is 181 g/mol. The molecule has 0 saturated heterocycles. The summed E-state index contributed by atoms with van der Waals surface area (Å²) in [6, 6.07) is 1.68. The van der Waals surface area contributed by atoms with Gasteiger partial charge < -0.3 is 14.8 Å². The molecule has 0 unspecified atom stereocenters. The van der Waals surface area contributed by atoms with E-state index in [4.69, 9.17) is 14.8 Å². The first-order valence-corrected chi connectivity index (χ1v) is 4.10. The molecule has 0 saturated carbocycles. The number of ether oxygens (including phenoxy) is 1. The molecule has 13 heavy (non-hydrogen) atoms. The van der Waals surface area contributed by atoms with Crippen LogP contribution in [0.2, 0.25) is 0 Å². The molecule has 1 aromatic rings. The van der Waals surface area contributed by atoms with Crippen molar-refractivity contribution < 1.29 is 14.8 Å². The molecule has 5 heteroatoms. The minimum atomic E-state index is -1.53. The fourth-order valence-corrected chi connectivity index (χ4v) is 1.02. The van der Waals surface area contributed by atoms with Gasteiger partial charge in [-0.2, -0.15) is 0 Å². The highest BCUT2D eigenvalue weighted by molar-refractivity contribution is 6.59. The number of rotatable bonds is 3. The van der Waals surface area contributed by atoms with Gasteiger partial charge in [-0.15, -0.1) is 0 Å². The Bertz CT molecular complexity index is 291. The lowest BCUT2D eigenvalue weighted by Gasteiger charge is -2.09. The largest absolute Gasteiger partial charge is 0.494 e. The van der Waals surface area contributed by atoms with E-state index in [0.717, 1.165) is 5.69 Å². The van der Waals surface area contributed by atoms with Gasteiger partial charge in [-0.3, -0.25) is 4.98 Å². The smallest absolute Gasteiger partial charge is 0.493 e. The van der Waals surface area contributed by atoms with Gasteiger partial charge in [0, 0.05) is 23.4 Å². The predicted molar refractivity (Wildman–Crippen MR) is 50.0 cm³/mol. The van der Waals surface area contributed by atoms with Gasteiger partial charge in [-0.25, -0.2) is 0 Å². The van der Waals surface area contributed by atoms with Crippen molar-refractivity contribution >= 4 is 12.6 Å². The van der Waals surface area contributed by atoms with Crippen LogP contribution in [0.3, 0.4) is 0 Å². The van der Waals surface area contributed by atoms with Crippen molar-refractivity contribution in [3.8, 4) is 5.75 Å². The number of aryl methyl sites for hydroxylation is 1.